The molecule has 0 unspecified atom stereocenters. The van der Waals surface area contributed by atoms with Crippen LogP contribution in [0.15, 0.2) is 4.99 Å². The zero-order chi connectivity index (χ0) is 5.40. The highest BCUT2D eigenvalue weighted by Gasteiger charge is 2.22. The van der Waals surface area contributed by atoms with Gasteiger partial charge in [-0.3, -0.25) is 4.99 Å². The van der Waals surface area contributed by atoms with E-state index < -0.39 is 0 Å². The van der Waals surface area contributed by atoms with Crippen LogP contribution in [0.1, 0.15) is 12.8 Å². The van der Waals surface area contributed by atoms with E-state index in [0.717, 1.165) is 6.54 Å². The zero-order valence-electron chi connectivity index (χ0n) is 4.93. The van der Waals surface area contributed by atoms with Crippen molar-refractivity contribution < 1.29 is 0 Å². The highest BCUT2D eigenvalue weighted by molar-refractivity contribution is 5.87. The van der Waals surface area contributed by atoms with Crippen molar-refractivity contribution in [3.8, 4) is 0 Å². The van der Waals surface area contributed by atoms with Crippen molar-refractivity contribution in [1.82, 2.24) is 4.90 Å². The second-order valence-electron chi connectivity index (χ2n) is 2.39. The van der Waals surface area contributed by atoms with Crippen LogP contribution < -0.4 is 0 Å². The monoisotopic (exact) mass is 110 g/mol. The lowest BCUT2D eigenvalue weighted by atomic mass is 10.1. The fourth-order valence-corrected chi connectivity index (χ4v) is 1.26. The molecule has 2 heteroatoms. The van der Waals surface area contributed by atoms with E-state index in [9.17, 15) is 0 Å². The van der Waals surface area contributed by atoms with Gasteiger partial charge in [-0.1, -0.05) is 0 Å². The first-order valence-electron chi connectivity index (χ1n) is 3.25. The first-order chi connectivity index (χ1) is 3.97. The van der Waals surface area contributed by atoms with Crippen LogP contribution >= 0.6 is 0 Å². The Bertz CT molecular complexity index is 128. The van der Waals surface area contributed by atoms with Gasteiger partial charge in [0.05, 0.1) is 0 Å². The van der Waals surface area contributed by atoms with Gasteiger partial charge in [0.2, 0.25) is 0 Å². The van der Waals surface area contributed by atoms with Crippen LogP contribution in [0, 0.1) is 0 Å². The minimum Gasteiger partial charge on any atom is -0.360 e. The maximum Gasteiger partial charge on any atom is 0.101 e. The van der Waals surface area contributed by atoms with Crippen molar-refractivity contribution in [2.24, 2.45) is 4.99 Å². The van der Waals surface area contributed by atoms with Crippen molar-refractivity contribution in [3.05, 3.63) is 0 Å². The van der Waals surface area contributed by atoms with E-state index in [-0.39, 0.29) is 0 Å². The van der Waals surface area contributed by atoms with Crippen LogP contribution in [0.4, 0.5) is 0 Å². The molecule has 2 aliphatic rings. The van der Waals surface area contributed by atoms with E-state index in [1.807, 2.05) is 0 Å². The fourth-order valence-electron chi connectivity index (χ4n) is 1.26. The van der Waals surface area contributed by atoms with Crippen molar-refractivity contribution >= 4 is 5.84 Å². The molecule has 0 atom stereocenters. The number of fused-ring (bicyclic) bond motifs is 1. The molecule has 0 aliphatic carbocycles. The molecule has 0 aromatic heterocycles. The van der Waals surface area contributed by atoms with Crippen LogP contribution in [0.5, 0.6) is 0 Å². The summed E-state index contributed by atoms with van der Waals surface area (Å²) in [6, 6.07) is 0. The van der Waals surface area contributed by atoms with Crippen molar-refractivity contribution in [2.75, 3.05) is 19.6 Å². The molecule has 0 saturated carbocycles. The van der Waals surface area contributed by atoms with Crippen LogP contribution in [0.2, 0.25) is 0 Å². The highest BCUT2D eigenvalue weighted by Crippen LogP contribution is 2.14. The molecular weight excluding hydrogens is 100 g/mol. The molecule has 1 fully saturated rings. The van der Waals surface area contributed by atoms with E-state index in [4.69, 9.17) is 0 Å². The summed E-state index contributed by atoms with van der Waals surface area (Å²) in [4.78, 5) is 6.70. The second kappa shape index (κ2) is 1.47. The Morgan fingerprint density at radius 2 is 2.38 bits per heavy atom. The maximum atomic E-state index is 4.34. The lowest BCUT2D eigenvalue weighted by molar-refractivity contribution is 0.335. The Balaban J connectivity index is 2.13. The van der Waals surface area contributed by atoms with Gasteiger partial charge in [0, 0.05) is 26.1 Å². The normalized spacial score (nSPS) is 26.0. The molecule has 44 valence electrons. The average molecular weight is 110 g/mol. The van der Waals surface area contributed by atoms with E-state index in [1.165, 1.54) is 31.8 Å². The van der Waals surface area contributed by atoms with Crippen LogP contribution in [-0.2, 0) is 0 Å². The molecule has 0 amide bonds. The van der Waals surface area contributed by atoms with Crippen molar-refractivity contribution in [2.45, 2.75) is 12.8 Å². The predicted octanol–water partition coefficient (Wildman–Crippen LogP) is 0.494. The van der Waals surface area contributed by atoms with E-state index in [2.05, 4.69) is 9.89 Å². The van der Waals surface area contributed by atoms with Crippen molar-refractivity contribution in [1.29, 1.82) is 0 Å². The molecule has 2 rings (SSSR count). The number of hydrogen-bond acceptors (Lipinski definition) is 2. The Hall–Kier alpha value is -0.530. The molecule has 0 N–H and O–H groups in total. The predicted molar refractivity (Wildman–Crippen MR) is 33.1 cm³/mol. The minimum absolute atomic E-state index is 1.08. The van der Waals surface area contributed by atoms with Gasteiger partial charge in [-0.05, 0) is 6.42 Å². The molecule has 0 aromatic carbocycles. The lowest BCUT2D eigenvalue weighted by Crippen LogP contribution is -2.46. The van der Waals surface area contributed by atoms with Gasteiger partial charge in [-0.25, -0.2) is 0 Å². The molecule has 0 aromatic rings. The van der Waals surface area contributed by atoms with Crippen LogP contribution in [0.3, 0.4) is 0 Å². The van der Waals surface area contributed by atoms with Gasteiger partial charge in [-0.2, -0.15) is 0 Å². The first kappa shape index (κ1) is 4.36. The molecule has 8 heavy (non-hydrogen) atoms. The van der Waals surface area contributed by atoms with E-state index in [1.54, 1.807) is 0 Å². The van der Waals surface area contributed by atoms with Gasteiger partial charge >= 0.3 is 0 Å². The minimum atomic E-state index is 1.08. The van der Waals surface area contributed by atoms with Gasteiger partial charge in [0.15, 0.2) is 0 Å². The number of nitrogens with zero attached hydrogens (tertiary/aromatic N) is 2. The average Bonchev–Trinajstić information content (AvgIpc) is 1.72. The van der Waals surface area contributed by atoms with Gasteiger partial charge in [0.1, 0.15) is 5.84 Å². The molecule has 2 nitrogen and oxygen atoms in total. The molecule has 0 spiro atoms. The molecule has 1 saturated heterocycles. The summed E-state index contributed by atoms with van der Waals surface area (Å²) in [5, 5.41) is 0. The van der Waals surface area contributed by atoms with Gasteiger partial charge in [0.25, 0.3) is 0 Å². The molecule has 0 radical (unpaired) electrons. The summed E-state index contributed by atoms with van der Waals surface area (Å²) in [5.74, 6) is 1.36. The second-order valence-corrected chi connectivity index (χ2v) is 2.39. The summed E-state index contributed by atoms with van der Waals surface area (Å²) in [5.41, 5.74) is 0. The van der Waals surface area contributed by atoms with E-state index in [0.29, 0.717) is 0 Å². The topological polar surface area (TPSA) is 15.6 Å². The maximum absolute atomic E-state index is 4.34. The SMILES string of the molecule is C1CN=C2CCN2C1. The van der Waals surface area contributed by atoms with Crippen LogP contribution in [-0.4, -0.2) is 30.4 Å². The highest BCUT2D eigenvalue weighted by atomic mass is 15.2. The third-order valence-electron chi connectivity index (χ3n) is 1.85. The fraction of sp³-hybridized carbons (Fsp3) is 0.833. The largest absolute Gasteiger partial charge is 0.360 e. The summed E-state index contributed by atoms with van der Waals surface area (Å²) in [6.07, 6.45) is 2.50. The molecule has 2 heterocycles. The summed E-state index contributed by atoms with van der Waals surface area (Å²) in [7, 11) is 0. The number of rotatable bonds is 0. The van der Waals surface area contributed by atoms with Gasteiger partial charge < -0.3 is 4.90 Å². The van der Waals surface area contributed by atoms with E-state index >= 15 is 0 Å². The third-order valence-corrected chi connectivity index (χ3v) is 1.85. The molecule has 2 aliphatic heterocycles. The Labute approximate surface area is 49.2 Å². The van der Waals surface area contributed by atoms with Crippen molar-refractivity contribution in [3.63, 3.8) is 0 Å². The smallest absolute Gasteiger partial charge is 0.101 e. The Kier molecular flexibility index (Phi) is 0.802. The van der Waals surface area contributed by atoms with Crippen LogP contribution in [0.25, 0.3) is 0 Å². The standard InChI is InChI=1S/C6H10N2/c1-3-7-6-2-5-8(6)4-1/h1-5H2. The Morgan fingerprint density at radius 3 is 2.75 bits per heavy atom. The lowest BCUT2D eigenvalue weighted by Gasteiger charge is -2.37. The summed E-state index contributed by atoms with van der Waals surface area (Å²) < 4.78 is 0. The molecule has 0 bridgehead atoms. The van der Waals surface area contributed by atoms with Gasteiger partial charge in [-0.15, -0.1) is 0 Å². The first-order valence-corrected chi connectivity index (χ1v) is 3.25. The number of amidine groups is 1. The number of hydrogen-bond donors (Lipinski definition) is 0. The quantitative estimate of drug-likeness (QED) is 0.443. The summed E-state index contributed by atoms with van der Waals surface area (Å²) >= 11 is 0. The zero-order valence-corrected chi connectivity index (χ0v) is 4.93. The summed E-state index contributed by atoms with van der Waals surface area (Å²) in [6.45, 7) is 3.60. The third kappa shape index (κ3) is 0.457. The molecular formula is C6H10N2. The number of aliphatic imine (C=N–C) groups is 1. The Morgan fingerprint density at radius 1 is 1.38 bits per heavy atom.